The Balaban J connectivity index is 1.57. The largest absolute Gasteiger partial charge is 0.351 e. The van der Waals surface area contributed by atoms with E-state index in [1.165, 1.54) is 0 Å². The predicted octanol–water partition coefficient (Wildman–Crippen LogP) is 1.97. The molecule has 3 rings (SSSR count). The summed E-state index contributed by atoms with van der Waals surface area (Å²) in [6.45, 7) is 0.272. The Morgan fingerprint density at radius 2 is 1.65 bits per heavy atom. The van der Waals surface area contributed by atoms with E-state index in [-0.39, 0.29) is 12.4 Å². The average molecular weight is 371 g/mol. The highest BCUT2D eigenvalue weighted by Gasteiger charge is 2.21. The lowest BCUT2D eigenvalue weighted by Gasteiger charge is -2.05. The fraction of sp³-hybridized carbons (Fsp3) is 0.167. The molecule has 2 aromatic carbocycles. The summed E-state index contributed by atoms with van der Waals surface area (Å²) < 4.78 is 29.4. The van der Waals surface area contributed by atoms with Crippen LogP contribution in [0.4, 0.5) is 0 Å². The van der Waals surface area contributed by atoms with Crippen LogP contribution in [-0.4, -0.2) is 30.2 Å². The first-order valence-corrected chi connectivity index (χ1v) is 9.73. The van der Waals surface area contributed by atoms with E-state index in [1.54, 1.807) is 12.1 Å². The average Bonchev–Trinajstić information content (AvgIpc) is 3.09. The van der Waals surface area contributed by atoms with Crippen LogP contribution in [-0.2, 0) is 26.9 Å². The summed E-state index contributed by atoms with van der Waals surface area (Å²) in [6, 6.07) is 18.3. The second-order valence-corrected chi connectivity index (χ2v) is 7.74. The van der Waals surface area contributed by atoms with E-state index in [2.05, 4.69) is 15.5 Å². The van der Waals surface area contributed by atoms with Crippen LogP contribution in [0.2, 0.25) is 0 Å². The van der Waals surface area contributed by atoms with Gasteiger partial charge in [0.1, 0.15) is 11.5 Å². The Labute approximate surface area is 151 Å². The molecule has 0 spiro atoms. The Bertz CT molecular complexity index is 970. The normalized spacial score (nSPS) is 11.2. The van der Waals surface area contributed by atoms with E-state index in [0.29, 0.717) is 5.82 Å². The van der Waals surface area contributed by atoms with Crippen molar-refractivity contribution in [3.8, 4) is 11.4 Å². The van der Waals surface area contributed by atoms with Gasteiger partial charge in [-0.15, -0.1) is 0 Å². The minimum atomic E-state index is -3.72. The molecule has 134 valence electrons. The van der Waals surface area contributed by atoms with Gasteiger partial charge in [0.05, 0.1) is 0 Å². The van der Waals surface area contributed by atoms with Crippen molar-refractivity contribution in [2.45, 2.75) is 12.3 Å². The summed E-state index contributed by atoms with van der Waals surface area (Å²) >= 11 is 0. The molecule has 8 heteroatoms. The third kappa shape index (κ3) is 5.00. The Kier molecular flexibility index (Phi) is 5.43. The van der Waals surface area contributed by atoms with E-state index >= 15 is 0 Å². The predicted molar refractivity (Wildman–Crippen MR) is 95.5 cm³/mol. The van der Waals surface area contributed by atoms with Gasteiger partial charge in [0.15, 0.2) is 9.84 Å². The number of hydrogen-bond acceptors (Lipinski definition) is 6. The second kappa shape index (κ2) is 7.92. The minimum absolute atomic E-state index is 0.0419. The number of amides is 1. The Hall–Kier alpha value is -3.00. The topological polar surface area (TPSA) is 102 Å². The highest BCUT2D eigenvalue weighted by molar-refractivity contribution is 7.91. The fourth-order valence-corrected chi connectivity index (χ4v) is 3.40. The number of sulfone groups is 1. The van der Waals surface area contributed by atoms with Crippen molar-refractivity contribution in [1.82, 2.24) is 15.5 Å². The summed E-state index contributed by atoms with van der Waals surface area (Å²) in [5.41, 5.74) is 1.61. The third-order valence-electron chi connectivity index (χ3n) is 3.53. The summed E-state index contributed by atoms with van der Waals surface area (Å²) in [6.07, 6.45) is 0. The zero-order valence-corrected chi connectivity index (χ0v) is 14.6. The van der Waals surface area contributed by atoms with Gasteiger partial charge in [-0.1, -0.05) is 65.8 Å². The van der Waals surface area contributed by atoms with Gasteiger partial charge < -0.3 is 9.84 Å². The third-order valence-corrected chi connectivity index (χ3v) is 4.92. The van der Waals surface area contributed by atoms with Crippen molar-refractivity contribution in [3.63, 3.8) is 0 Å². The van der Waals surface area contributed by atoms with E-state index < -0.39 is 27.3 Å². The number of nitrogens with zero attached hydrogens (tertiary/aromatic N) is 2. The molecule has 0 atom stereocenters. The van der Waals surface area contributed by atoms with Gasteiger partial charge in [-0.3, -0.25) is 4.79 Å². The minimum Gasteiger partial charge on any atom is -0.351 e. The maximum atomic E-state index is 12.2. The number of carbonyl (C=O) groups is 1. The van der Waals surface area contributed by atoms with Crippen molar-refractivity contribution in [3.05, 3.63) is 72.1 Å². The van der Waals surface area contributed by atoms with Gasteiger partial charge in [0, 0.05) is 12.1 Å². The van der Waals surface area contributed by atoms with E-state index in [1.807, 2.05) is 48.5 Å². The summed E-state index contributed by atoms with van der Waals surface area (Å²) in [5, 5.41) is 6.36. The highest BCUT2D eigenvalue weighted by Crippen LogP contribution is 2.16. The van der Waals surface area contributed by atoms with Crippen LogP contribution in [0, 0.1) is 0 Å². The molecule has 0 saturated heterocycles. The number of hydrogen-bond donors (Lipinski definition) is 1. The lowest BCUT2D eigenvalue weighted by Crippen LogP contribution is -2.30. The van der Waals surface area contributed by atoms with E-state index in [4.69, 9.17) is 4.52 Å². The van der Waals surface area contributed by atoms with Gasteiger partial charge in [0.25, 0.3) is 0 Å². The monoisotopic (exact) mass is 371 g/mol. The fourth-order valence-electron chi connectivity index (χ4n) is 2.30. The van der Waals surface area contributed by atoms with Crippen LogP contribution in [0.1, 0.15) is 11.5 Å². The molecule has 26 heavy (non-hydrogen) atoms. The van der Waals surface area contributed by atoms with Gasteiger partial charge in [-0.05, 0) is 5.56 Å². The van der Waals surface area contributed by atoms with Crippen molar-refractivity contribution >= 4 is 15.7 Å². The zero-order chi connectivity index (χ0) is 18.4. The van der Waals surface area contributed by atoms with Crippen molar-refractivity contribution in [1.29, 1.82) is 0 Å². The number of nitrogens with one attached hydrogen (secondary N) is 1. The van der Waals surface area contributed by atoms with Crippen LogP contribution in [0.15, 0.2) is 65.2 Å². The molecule has 0 unspecified atom stereocenters. The van der Waals surface area contributed by atoms with Gasteiger partial charge in [0.2, 0.25) is 17.6 Å². The lowest BCUT2D eigenvalue weighted by molar-refractivity contribution is -0.118. The van der Waals surface area contributed by atoms with E-state index in [9.17, 15) is 13.2 Å². The van der Waals surface area contributed by atoms with Crippen molar-refractivity contribution < 1.29 is 17.7 Å². The first-order valence-electron chi connectivity index (χ1n) is 7.91. The molecule has 0 saturated carbocycles. The van der Waals surface area contributed by atoms with Crippen molar-refractivity contribution in [2.75, 3.05) is 5.75 Å². The summed E-state index contributed by atoms with van der Waals surface area (Å²) in [5.74, 6) is -1.42. The highest BCUT2D eigenvalue weighted by atomic mass is 32.2. The van der Waals surface area contributed by atoms with E-state index in [0.717, 1.165) is 11.1 Å². The molecular formula is C18H17N3O4S. The number of carbonyl (C=O) groups excluding carboxylic acids is 1. The van der Waals surface area contributed by atoms with Crippen LogP contribution in [0.25, 0.3) is 11.4 Å². The van der Waals surface area contributed by atoms with Crippen LogP contribution >= 0.6 is 0 Å². The molecule has 0 aliphatic carbocycles. The molecule has 0 fully saturated rings. The summed E-state index contributed by atoms with van der Waals surface area (Å²) in [4.78, 5) is 16.0. The maximum Gasteiger partial charge on any atom is 0.242 e. The van der Waals surface area contributed by atoms with Gasteiger partial charge in [-0.2, -0.15) is 4.98 Å². The molecule has 3 aromatic rings. The number of aromatic nitrogens is 2. The molecule has 1 aromatic heterocycles. The first-order chi connectivity index (χ1) is 12.5. The first kappa shape index (κ1) is 17.8. The number of rotatable bonds is 7. The standard InChI is InChI=1S/C18H17N3O4S/c22-16(19-11-14-7-3-1-4-8-14)12-26(23,24)13-17-20-18(21-25-17)15-9-5-2-6-10-15/h1-10H,11-13H2,(H,19,22). The molecule has 7 nitrogen and oxygen atoms in total. The maximum absolute atomic E-state index is 12.2. The van der Waals surface area contributed by atoms with Crippen LogP contribution in [0.3, 0.4) is 0 Å². The van der Waals surface area contributed by atoms with Gasteiger partial charge in [-0.25, -0.2) is 8.42 Å². The van der Waals surface area contributed by atoms with Crippen molar-refractivity contribution in [2.24, 2.45) is 0 Å². The summed E-state index contributed by atoms with van der Waals surface area (Å²) in [7, 11) is -3.72. The smallest absolute Gasteiger partial charge is 0.242 e. The molecule has 0 aliphatic heterocycles. The zero-order valence-electron chi connectivity index (χ0n) is 13.8. The number of benzene rings is 2. The Morgan fingerprint density at radius 1 is 1.00 bits per heavy atom. The Morgan fingerprint density at radius 3 is 2.35 bits per heavy atom. The second-order valence-electron chi connectivity index (χ2n) is 5.67. The molecule has 1 amide bonds. The molecule has 0 radical (unpaired) electrons. The SMILES string of the molecule is O=C(CS(=O)(=O)Cc1nc(-c2ccccc2)no1)NCc1ccccc1. The van der Waals surface area contributed by atoms with Crippen LogP contribution < -0.4 is 5.32 Å². The van der Waals surface area contributed by atoms with Crippen LogP contribution in [0.5, 0.6) is 0 Å². The van der Waals surface area contributed by atoms with Gasteiger partial charge >= 0.3 is 0 Å². The molecule has 1 N–H and O–H groups in total. The molecule has 1 heterocycles. The molecule has 0 aliphatic rings. The lowest BCUT2D eigenvalue weighted by atomic mass is 10.2. The quantitative estimate of drug-likeness (QED) is 0.681. The molecular weight excluding hydrogens is 354 g/mol. The molecule has 0 bridgehead atoms.